The van der Waals surface area contributed by atoms with E-state index in [-0.39, 0.29) is 5.56 Å². The van der Waals surface area contributed by atoms with Gasteiger partial charge in [-0.15, -0.1) is 0 Å². The summed E-state index contributed by atoms with van der Waals surface area (Å²) >= 11 is 0. The summed E-state index contributed by atoms with van der Waals surface area (Å²) in [4.78, 5) is 0. The lowest BCUT2D eigenvalue weighted by atomic mass is 10.0. The zero-order valence-electron chi connectivity index (χ0n) is 18.8. The summed E-state index contributed by atoms with van der Waals surface area (Å²) in [7, 11) is 0. The van der Waals surface area contributed by atoms with Gasteiger partial charge in [0.1, 0.15) is 0 Å². The van der Waals surface area contributed by atoms with Crippen molar-refractivity contribution in [2.75, 3.05) is 0 Å². The number of rotatable bonds is 6. The summed E-state index contributed by atoms with van der Waals surface area (Å²) in [6.07, 6.45) is 6.65. The molecule has 32 heavy (non-hydrogen) atoms. The summed E-state index contributed by atoms with van der Waals surface area (Å²) in [6.45, 7) is 4.02. The van der Waals surface area contributed by atoms with E-state index in [1.807, 2.05) is 24.3 Å². The summed E-state index contributed by atoms with van der Waals surface area (Å²) in [5.41, 5.74) is 4.37. The molecule has 0 nitrogen and oxygen atoms in total. The van der Waals surface area contributed by atoms with E-state index in [0.29, 0.717) is 12.0 Å². The van der Waals surface area contributed by atoms with Gasteiger partial charge in [0.05, 0.1) is 5.56 Å². The zero-order valence-corrected chi connectivity index (χ0v) is 18.8. The molecule has 162 valence electrons. The molecule has 0 N–H and O–H groups in total. The van der Waals surface area contributed by atoms with Gasteiger partial charge in [-0.05, 0) is 72.9 Å². The quantitative estimate of drug-likeness (QED) is 0.284. The summed E-state index contributed by atoms with van der Waals surface area (Å²) in [6, 6.07) is 19.0. The maximum Gasteiger partial charge on any atom is 0.174 e. The minimum absolute atomic E-state index is 0.0670. The van der Waals surface area contributed by atoms with Crippen LogP contribution in [-0.4, -0.2) is 0 Å². The Kier molecular flexibility index (Phi) is 8.65. The second-order valence-electron chi connectivity index (χ2n) is 7.84. The van der Waals surface area contributed by atoms with E-state index in [1.165, 1.54) is 37.3 Å². The molecular weight excluding hydrogens is 398 g/mol. The van der Waals surface area contributed by atoms with Crippen molar-refractivity contribution < 1.29 is 8.78 Å². The van der Waals surface area contributed by atoms with Gasteiger partial charge in [0.15, 0.2) is 11.6 Å². The van der Waals surface area contributed by atoms with Crippen LogP contribution in [0.1, 0.15) is 72.9 Å². The first kappa shape index (κ1) is 23.3. The highest BCUT2D eigenvalue weighted by Crippen LogP contribution is 2.16. The standard InChI is InChI=1S/C30H28F2/c1-3-5-6-7-8-23-9-11-24(12-10-23)13-14-25-15-17-26(18-16-25)19-20-28-22-21-27(4-2)29(31)30(28)32/h9-12,15-18,21-22H,3-8H2,1-2H3. The van der Waals surface area contributed by atoms with Gasteiger partial charge < -0.3 is 0 Å². The minimum Gasteiger partial charge on any atom is -0.203 e. The molecule has 3 aromatic rings. The number of benzene rings is 3. The lowest BCUT2D eigenvalue weighted by Gasteiger charge is -2.02. The van der Waals surface area contributed by atoms with Crippen molar-refractivity contribution >= 4 is 0 Å². The molecule has 0 aliphatic rings. The van der Waals surface area contributed by atoms with E-state index in [2.05, 4.69) is 54.9 Å². The van der Waals surface area contributed by atoms with Crippen LogP contribution < -0.4 is 0 Å². The fourth-order valence-electron chi connectivity index (χ4n) is 3.39. The van der Waals surface area contributed by atoms with Gasteiger partial charge in [-0.1, -0.05) is 75.0 Å². The van der Waals surface area contributed by atoms with Gasteiger partial charge in [-0.3, -0.25) is 0 Å². The summed E-state index contributed by atoms with van der Waals surface area (Å²) in [5.74, 6) is 10.3. The largest absolute Gasteiger partial charge is 0.203 e. The normalized spacial score (nSPS) is 10.1. The molecule has 0 amide bonds. The van der Waals surface area contributed by atoms with E-state index in [0.717, 1.165) is 23.1 Å². The van der Waals surface area contributed by atoms with Gasteiger partial charge in [-0.2, -0.15) is 0 Å². The molecule has 0 heterocycles. The first-order chi connectivity index (χ1) is 15.6. The predicted octanol–water partition coefficient (Wildman–Crippen LogP) is 7.45. The van der Waals surface area contributed by atoms with Crippen LogP contribution in [0.4, 0.5) is 8.78 Å². The highest BCUT2D eigenvalue weighted by Gasteiger charge is 2.10. The van der Waals surface area contributed by atoms with Gasteiger partial charge in [0.25, 0.3) is 0 Å². The Morgan fingerprint density at radius 3 is 1.72 bits per heavy atom. The van der Waals surface area contributed by atoms with Crippen LogP contribution in [0.3, 0.4) is 0 Å². The van der Waals surface area contributed by atoms with Crippen molar-refractivity contribution in [1.82, 2.24) is 0 Å². The maximum atomic E-state index is 14.1. The monoisotopic (exact) mass is 426 g/mol. The lowest BCUT2D eigenvalue weighted by Crippen LogP contribution is -1.96. The maximum absolute atomic E-state index is 14.1. The Bertz CT molecular complexity index is 1150. The van der Waals surface area contributed by atoms with Gasteiger partial charge in [-0.25, -0.2) is 8.78 Å². The van der Waals surface area contributed by atoms with Crippen LogP contribution in [0.15, 0.2) is 60.7 Å². The molecule has 0 unspecified atom stereocenters. The highest BCUT2D eigenvalue weighted by atomic mass is 19.2. The molecule has 0 atom stereocenters. The second-order valence-corrected chi connectivity index (χ2v) is 7.84. The zero-order chi connectivity index (χ0) is 22.8. The Labute approximate surface area is 190 Å². The first-order valence-corrected chi connectivity index (χ1v) is 11.3. The van der Waals surface area contributed by atoms with Gasteiger partial charge >= 0.3 is 0 Å². The van der Waals surface area contributed by atoms with E-state index in [9.17, 15) is 8.78 Å². The number of halogens is 2. The van der Waals surface area contributed by atoms with Crippen molar-refractivity contribution in [3.8, 4) is 23.7 Å². The molecule has 0 spiro atoms. The summed E-state index contributed by atoms with van der Waals surface area (Å²) < 4.78 is 28.0. The number of hydrogen-bond acceptors (Lipinski definition) is 0. The molecule has 0 saturated carbocycles. The average Bonchev–Trinajstić information content (AvgIpc) is 2.83. The van der Waals surface area contributed by atoms with E-state index in [1.54, 1.807) is 13.0 Å². The molecule has 3 rings (SSSR count). The molecule has 0 saturated heterocycles. The van der Waals surface area contributed by atoms with Crippen molar-refractivity contribution in [2.24, 2.45) is 0 Å². The highest BCUT2D eigenvalue weighted by molar-refractivity contribution is 5.48. The first-order valence-electron chi connectivity index (χ1n) is 11.3. The molecule has 0 aliphatic carbocycles. The fourth-order valence-corrected chi connectivity index (χ4v) is 3.39. The van der Waals surface area contributed by atoms with E-state index >= 15 is 0 Å². The molecular formula is C30H28F2. The molecule has 2 heteroatoms. The molecule has 0 radical (unpaired) electrons. The number of hydrogen-bond donors (Lipinski definition) is 0. The van der Waals surface area contributed by atoms with Gasteiger partial charge in [0, 0.05) is 16.7 Å². The minimum atomic E-state index is -0.883. The van der Waals surface area contributed by atoms with Crippen molar-refractivity contribution in [1.29, 1.82) is 0 Å². The topological polar surface area (TPSA) is 0 Å². The van der Waals surface area contributed by atoms with Gasteiger partial charge in [0.2, 0.25) is 0 Å². The third-order valence-corrected chi connectivity index (χ3v) is 5.39. The van der Waals surface area contributed by atoms with Crippen LogP contribution in [0.2, 0.25) is 0 Å². The Balaban J connectivity index is 1.63. The van der Waals surface area contributed by atoms with E-state index in [4.69, 9.17) is 0 Å². The smallest absolute Gasteiger partial charge is 0.174 e. The molecule has 0 aliphatic heterocycles. The lowest BCUT2D eigenvalue weighted by molar-refractivity contribution is 0.498. The third kappa shape index (κ3) is 6.57. The summed E-state index contributed by atoms with van der Waals surface area (Å²) in [5, 5.41) is 0. The molecule has 3 aromatic carbocycles. The van der Waals surface area contributed by atoms with Crippen molar-refractivity contribution in [2.45, 2.75) is 52.4 Å². The van der Waals surface area contributed by atoms with Crippen LogP contribution in [-0.2, 0) is 12.8 Å². The number of unbranched alkanes of at least 4 members (excludes halogenated alkanes) is 3. The fraction of sp³-hybridized carbons (Fsp3) is 0.267. The molecule has 0 aromatic heterocycles. The predicted molar refractivity (Wildman–Crippen MR) is 128 cm³/mol. The van der Waals surface area contributed by atoms with E-state index < -0.39 is 11.6 Å². The number of aryl methyl sites for hydroxylation is 2. The van der Waals surface area contributed by atoms with Crippen molar-refractivity contribution in [3.63, 3.8) is 0 Å². The van der Waals surface area contributed by atoms with Crippen molar-refractivity contribution in [3.05, 3.63) is 106 Å². The Hall–Kier alpha value is -3.36. The third-order valence-electron chi connectivity index (χ3n) is 5.39. The van der Waals surface area contributed by atoms with Crippen LogP contribution in [0.25, 0.3) is 0 Å². The van der Waals surface area contributed by atoms with Crippen LogP contribution in [0, 0.1) is 35.3 Å². The van der Waals surface area contributed by atoms with Crippen LogP contribution >= 0.6 is 0 Å². The Morgan fingerprint density at radius 2 is 1.16 bits per heavy atom. The van der Waals surface area contributed by atoms with Crippen LogP contribution in [0.5, 0.6) is 0 Å². The molecule has 0 fully saturated rings. The second kappa shape index (κ2) is 11.9. The Morgan fingerprint density at radius 1 is 0.594 bits per heavy atom. The SMILES string of the molecule is CCCCCCc1ccc(C#Cc2ccc(C#Cc3ccc(CC)c(F)c3F)cc2)cc1. The average molecular weight is 427 g/mol. The molecule has 0 bridgehead atoms.